The standard InChI is InChI=1S/C17H22N8O2/c26-16(23-4-1-2-5-23)12-7-11-3-6-24(9-14(11)12)17(27)13-8-18-20-15(13)25-10-19-21-22-25/h8,10-12,14H,1-7,9H2,(H,18,20)/t11-,12-,14-/m1/s1. The number of fused-ring (bicyclic) bond motifs is 1. The third-order valence-electron chi connectivity index (χ3n) is 6.33. The fourth-order valence-corrected chi connectivity index (χ4v) is 4.77. The number of aromatic amines is 1. The van der Waals surface area contributed by atoms with Crippen LogP contribution in [0, 0.1) is 17.8 Å². The molecular weight excluding hydrogens is 348 g/mol. The van der Waals surface area contributed by atoms with Crippen LogP contribution in [0.15, 0.2) is 12.5 Å². The molecule has 1 aliphatic carbocycles. The lowest BCUT2D eigenvalue weighted by atomic mass is 9.61. The summed E-state index contributed by atoms with van der Waals surface area (Å²) in [6.45, 7) is 3.12. The summed E-state index contributed by atoms with van der Waals surface area (Å²) in [6, 6.07) is 0. The van der Waals surface area contributed by atoms with Gasteiger partial charge in [-0.1, -0.05) is 0 Å². The molecule has 1 saturated carbocycles. The van der Waals surface area contributed by atoms with Crippen molar-refractivity contribution >= 4 is 11.8 Å². The molecule has 10 heteroatoms. The minimum absolute atomic E-state index is 0.0760. The Balaban J connectivity index is 1.30. The van der Waals surface area contributed by atoms with Gasteiger partial charge >= 0.3 is 0 Å². The van der Waals surface area contributed by atoms with E-state index in [1.54, 1.807) is 0 Å². The highest BCUT2D eigenvalue weighted by atomic mass is 16.2. The highest BCUT2D eigenvalue weighted by Gasteiger charge is 2.49. The molecule has 2 saturated heterocycles. The van der Waals surface area contributed by atoms with Crippen molar-refractivity contribution in [3.63, 3.8) is 0 Å². The molecule has 1 N–H and O–H groups in total. The Labute approximate surface area is 155 Å². The molecule has 0 bridgehead atoms. The number of rotatable bonds is 3. The Kier molecular flexibility index (Phi) is 3.91. The van der Waals surface area contributed by atoms with Crippen molar-refractivity contribution < 1.29 is 9.59 Å². The van der Waals surface area contributed by atoms with E-state index in [0.717, 1.165) is 38.8 Å². The zero-order chi connectivity index (χ0) is 18.4. The van der Waals surface area contributed by atoms with Crippen LogP contribution in [0.3, 0.4) is 0 Å². The first-order chi connectivity index (χ1) is 13.2. The van der Waals surface area contributed by atoms with Gasteiger partial charge in [-0.2, -0.15) is 9.78 Å². The summed E-state index contributed by atoms with van der Waals surface area (Å²) in [7, 11) is 0. The van der Waals surface area contributed by atoms with Crippen molar-refractivity contribution in [1.29, 1.82) is 0 Å². The van der Waals surface area contributed by atoms with Crippen LogP contribution in [0.2, 0.25) is 0 Å². The summed E-state index contributed by atoms with van der Waals surface area (Å²) in [5.41, 5.74) is 0.447. The number of tetrazole rings is 1. The van der Waals surface area contributed by atoms with Gasteiger partial charge in [0.1, 0.15) is 11.9 Å². The van der Waals surface area contributed by atoms with E-state index in [-0.39, 0.29) is 17.7 Å². The molecule has 10 nitrogen and oxygen atoms in total. The lowest BCUT2D eigenvalue weighted by molar-refractivity contribution is -0.146. The molecule has 0 spiro atoms. The van der Waals surface area contributed by atoms with E-state index in [1.165, 1.54) is 17.2 Å². The number of aromatic nitrogens is 6. The van der Waals surface area contributed by atoms with Gasteiger partial charge in [0.05, 0.1) is 6.20 Å². The number of H-pyrrole nitrogens is 1. The SMILES string of the molecule is O=C(c1cn[nH]c1-n1cnnn1)N1CC[C@@H]2C[C@@H](C(=O)N3CCCC3)[C@@H]2C1. The maximum Gasteiger partial charge on any atom is 0.259 e. The number of amides is 2. The molecule has 0 radical (unpaired) electrons. The first kappa shape index (κ1) is 16.4. The summed E-state index contributed by atoms with van der Waals surface area (Å²) >= 11 is 0. The lowest BCUT2D eigenvalue weighted by Gasteiger charge is -2.51. The fraction of sp³-hybridized carbons (Fsp3) is 0.647. The van der Waals surface area contributed by atoms with Gasteiger partial charge in [-0.3, -0.25) is 14.7 Å². The van der Waals surface area contributed by atoms with E-state index in [2.05, 4.69) is 25.7 Å². The topological polar surface area (TPSA) is 113 Å². The van der Waals surface area contributed by atoms with E-state index in [9.17, 15) is 9.59 Å². The van der Waals surface area contributed by atoms with Gasteiger partial charge in [0, 0.05) is 32.1 Å². The number of nitrogens with one attached hydrogen (secondary N) is 1. The van der Waals surface area contributed by atoms with Crippen molar-refractivity contribution in [2.24, 2.45) is 17.8 Å². The zero-order valence-electron chi connectivity index (χ0n) is 15.0. The fourth-order valence-electron chi connectivity index (χ4n) is 4.77. The molecule has 2 aromatic heterocycles. The Bertz CT molecular complexity index is 841. The molecule has 0 unspecified atom stereocenters. The average Bonchev–Trinajstić information content (AvgIpc) is 3.42. The summed E-state index contributed by atoms with van der Waals surface area (Å²) in [4.78, 5) is 29.7. The Morgan fingerprint density at radius 1 is 1.15 bits per heavy atom. The van der Waals surface area contributed by atoms with Crippen molar-refractivity contribution in [3.05, 3.63) is 18.1 Å². The van der Waals surface area contributed by atoms with Gasteiger partial charge in [-0.25, -0.2) is 0 Å². The van der Waals surface area contributed by atoms with Crippen molar-refractivity contribution in [2.45, 2.75) is 25.7 Å². The monoisotopic (exact) mass is 370 g/mol. The average molecular weight is 370 g/mol. The van der Waals surface area contributed by atoms with Crippen LogP contribution in [-0.4, -0.2) is 78.2 Å². The Morgan fingerprint density at radius 3 is 2.78 bits per heavy atom. The quantitative estimate of drug-likeness (QED) is 0.820. The second-order valence-corrected chi connectivity index (χ2v) is 7.73. The molecular formula is C17H22N8O2. The highest BCUT2D eigenvalue weighted by Crippen LogP contribution is 2.46. The predicted octanol–water partition coefficient (Wildman–Crippen LogP) is 0.106. The van der Waals surface area contributed by atoms with Crippen molar-refractivity contribution in [2.75, 3.05) is 26.2 Å². The Morgan fingerprint density at radius 2 is 2.00 bits per heavy atom. The van der Waals surface area contributed by atoms with Crippen LogP contribution in [0.25, 0.3) is 5.82 Å². The van der Waals surface area contributed by atoms with Crippen molar-refractivity contribution in [1.82, 2.24) is 40.2 Å². The normalized spacial score (nSPS) is 27.3. The molecule has 3 atom stereocenters. The minimum Gasteiger partial charge on any atom is -0.342 e. The van der Waals surface area contributed by atoms with Gasteiger partial charge in [-0.05, 0) is 47.9 Å². The second-order valence-electron chi connectivity index (χ2n) is 7.73. The Hall–Kier alpha value is -2.78. The van der Waals surface area contributed by atoms with E-state index >= 15 is 0 Å². The van der Waals surface area contributed by atoms with Crippen LogP contribution >= 0.6 is 0 Å². The summed E-state index contributed by atoms with van der Waals surface area (Å²) in [6.07, 6.45) is 7.09. The van der Waals surface area contributed by atoms with Crippen LogP contribution in [0.5, 0.6) is 0 Å². The molecule has 3 fully saturated rings. The molecule has 27 heavy (non-hydrogen) atoms. The van der Waals surface area contributed by atoms with Crippen LogP contribution in [0.1, 0.15) is 36.0 Å². The van der Waals surface area contributed by atoms with E-state index in [0.29, 0.717) is 36.3 Å². The van der Waals surface area contributed by atoms with Crippen LogP contribution < -0.4 is 0 Å². The maximum absolute atomic E-state index is 13.1. The number of hydrogen-bond donors (Lipinski definition) is 1. The lowest BCUT2D eigenvalue weighted by Crippen LogP contribution is -2.56. The first-order valence-corrected chi connectivity index (χ1v) is 9.57. The number of piperidine rings is 1. The molecule has 2 amide bonds. The van der Waals surface area contributed by atoms with Gasteiger partial charge in [0.2, 0.25) is 5.91 Å². The second kappa shape index (κ2) is 6.43. The molecule has 142 valence electrons. The highest BCUT2D eigenvalue weighted by molar-refractivity contribution is 5.97. The van der Waals surface area contributed by atoms with Crippen LogP contribution in [-0.2, 0) is 4.79 Å². The first-order valence-electron chi connectivity index (χ1n) is 9.57. The molecule has 4 heterocycles. The number of carbonyl (C=O) groups excluding carboxylic acids is 2. The van der Waals surface area contributed by atoms with Gasteiger partial charge in [0.15, 0.2) is 5.82 Å². The third kappa shape index (κ3) is 2.70. The minimum atomic E-state index is -0.0908. The molecule has 0 aromatic carbocycles. The molecule has 5 rings (SSSR count). The number of nitrogens with zero attached hydrogens (tertiary/aromatic N) is 7. The van der Waals surface area contributed by atoms with Crippen LogP contribution in [0.4, 0.5) is 0 Å². The largest absolute Gasteiger partial charge is 0.342 e. The summed E-state index contributed by atoms with van der Waals surface area (Å²) in [5, 5.41) is 17.8. The van der Waals surface area contributed by atoms with Gasteiger partial charge in [-0.15, -0.1) is 5.10 Å². The number of carbonyl (C=O) groups is 2. The van der Waals surface area contributed by atoms with E-state index in [4.69, 9.17) is 0 Å². The number of likely N-dealkylation sites (tertiary alicyclic amines) is 2. The maximum atomic E-state index is 13.1. The molecule has 3 aliphatic rings. The zero-order valence-corrected chi connectivity index (χ0v) is 15.0. The van der Waals surface area contributed by atoms with Crippen molar-refractivity contribution in [3.8, 4) is 5.82 Å². The smallest absolute Gasteiger partial charge is 0.259 e. The van der Waals surface area contributed by atoms with Gasteiger partial charge in [0.25, 0.3) is 5.91 Å². The van der Waals surface area contributed by atoms with E-state index in [1.807, 2.05) is 9.80 Å². The van der Waals surface area contributed by atoms with Gasteiger partial charge < -0.3 is 9.80 Å². The predicted molar refractivity (Wildman–Crippen MR) is 92.7 cm³/mol. The van der Waals surface area contributed by atoms with E-state index < -0.39 is 0 Å². The molecule has 2 aliphatic heterocycles. The number of hydrogen-bond acceptors (Lipinski definition) is 6. The third-order valence-corrected chi connectivity index (χ3v) is 6.33. The summed E-state index contributed by atoms with van der Waals surface area (Å²) < 4.78 is 1.40. The summed E-state index contributed by atoms with van der Waals surface area (Å²) in [5.74, 6) is 1.58. The molecule has 2 aromatic rings.